The van der Waals surface area contributed by atoms with Crippen LogP contribution in [0.1, 0.15) is 39.4 Å². The molecule has 0 spiro atoms. The van der Waals surface area contributed by atoms with Crippen LogP contribution in [0, 0.1) is 0 Å². The first-order chi connectivity index (χ1) is 7.07. The fourth-order valence-corrected chi connectivity index (χ4v) is 1.92. The zero-order valence-electron chi connectivity index (χ0n) is 9.94. The summed E-state index contributed by atoms with van der Waals surface area (Å²) in [4.78, 5) is 10.7. The summed E-state index contributed by atoms with van der Waals surface area (Å²) in [5.41, 5.74) is 6.68. The Morgan fingerprint density at radius 1 is 1.27 bits per heavy atom. The molecule has 0 aromatic carbocycles. The summed E-state index contributed by atoms with van der Waals surface area (Å²) in [5, 5.41) is 0. The van der Waals surface area contributed by atoms with Crippen LogP contribution in [0.3, 0.4) is 0 Å². The van der Waals surface area contributed by atoms with Crippen molar-refractivity contribution in [2.75, 3.05) is 12.3 Å². The maximum absolute atomic E-state index is 5.81. The highest BCUT2D eigenvalue weighted by atomic mass is 15.2. The molecule has 0 aliphatic carbocycles. The van der Waals surface area contributed by atoms with E-state index in [0.717, 1.165) is 12.2 Å². The summed E-state index contributed by atoms with van der Waals surface area (Å²) in [6.45, 7) is 9.58. The normalized spacial score (nSPS) is 13.5. The smallest absolute Gasteiger partial charge is 0.146 e. The Morgan fingerprint density at radius 3 is 2.33 bits per heavy atom. The zero-order chi connectivity index (χ0) is 11.4. The van der Waals surface area contributed by atoms with E-state index in [2.05, 4.69) is 42.6 Å². The molecule has 15 heavy (non-hydrogen) atoms. The number of nitrogens with zero attached hydrogens (tertiary/aromatic N) is 3. The van der Waals surface area contributed by atoms with Crippen LogP contribution in [-0.4, -0.2) is 27.5 Å². The monoisotopic (exact) mass is 208 g/mol. The summed E-state index contributed by atoms with van der Waals surface area (Å²) in [5.74, 6) is 0.532. The average molecular weight is 208 g/mol. The second-order valence-electron chi connectivity index (χ2n) is 3.93. The summed E-state index contributed by atoms with van der Waals surface area (Å²) >= 11 is 0. The molecule has 1 aromatic heterocycles. The molecule has 0 saturated carbocycles. The molecule has 0 fully saturated rings. The first-order valence-electron chi connectivity index (χ1n) is 5.40. The van der Waals surface area contributed by atoms with Crippen molar-refractivity contribution in [3.05, 3.63) is 18.1 Å². The lowest BCUT2D eigenvalue weighted by atomic mass is 10.1. The van der Waals surface area contributed by atoms with Gasteiger partial charge in [0, 0.05) is 18.4 Å². The topological polar surface area (TPSA) is 55.0 Å². The van der Waals surface area contributed by atoms with E-state index >= 15 is 0 Å². The van der Waals surface area contributed by atoms with Gasteiger partial charge < -0.3 is 5.73 Å². The largest absolute Gasteiger partial charge is 0.382 e. The Bertz CT molecular complexity index is 311. The number of nitrogen functional groups attached to an aromatic ring is 1. The minimum atomic E-state index is 0.212. The van der Waals surface area contributed by atoms with Gasteiger partial charge in [-0.1, -0.05) is 6.92 Å². The zero-order valence-corrected chi connectivity index (χ0v) is 9.94. The molecule has 1 heterocycles. The van der Waals surface area contributed by atoms with Crippen LogP contribution in [0.25, 0.3) is 0 Å². The Hall–Kier alpha value is -1.16. The quantitative estimate of drug-likeness (QED) is 0.820. The SMILES string of the molecule is CCN(C(C)C)C(C)c1nccnc1N. The number of rotatable bonds is 4. The standard InChI is InChI=1S/C11H20N4/c1-5-15(8(2)3)9(4)10-11(12)14-7-6-13-10/h6-9H,5H2,1-4H3,(H2,12,14). The van der Waals surface area contributed by atoms with Gasteiger partial charge in [-0.15, -0.1) is 0 Å². The number of hydrogen-bond acceptors (Lipinski definition) is 4. The van der Waals surface area contributed by atoms with Crippen LogP contribution >= 0.6 is 0 Å². The van der Waals surface area contributed by atoms with Gasteiger partial charge in [-0.25, -0.2) is 4.98 Å². The van der Waals surface area contributed by atoms with E-state index in [1.165, 1.54) is 0 Å². The van der Waals surface area contributed by atoms with Crippen LogP contribution in [0.5, 0.6) is 0 Å². The van der Waals surface area contributed by atoms with E-state index in [4.69, 9.17) is 5.73 Å². The molecule has 0 amide bonds. The minimum Gasteiger partial charge on any atom is -0.382 e. The number of anilines is 1. The molecule has 84 valence electrons. The molecule has 0 saturated heterocycles. The van der Waals surface area contributed by atoms with Crippen molar-refractivity contribution in [3.63, 3.8) is 0 Å². The van der Waals surface area contributed by atoms with Gasteiger partial charge in [0.2, 0.25) is 0 Å². The van der Waals surface area contributed by atoms with Crippen LogP contribution in [0.2, 0.25) is 0 Å². The lowest BCUT2D eigenvalue weighted by Crippen LogP contribution is -2.34. The first kappa shape index (κ1) is 11.9. The van der Waals surface area contributed by atoms with Gasteiger partial charge in [-0.3, -0.25) is 9.88 Å². The van der Waals surface area contributed by atoms with E-state index in [1.54, 1.807) is 12.4 Å². The predicted octanol–water partition coefficient (Wildman–Crippen LogP) is 1.85. The van der Waals surface area contributed by atoms with Crippen molar-refractivity contribution in [1.82, 2.24) is 14.9 Å². The van der Waals surface area contributed by atoms with Gasteiger partial charge in [0.1, 0.15) is 5.82 Å². The third-order valence-corrected chi connectivity index (χ3v) is 2.68. The van der Waals surface area contributed by atoms with E-state index in [-0.39, 0.29) is 6.04 Å². The highest BCUT2D eigenvalue weighted by Crippen LogP contribution is 2.23. The molecular formula is C11H20N4. The molecule has 0 radical (unpaired) electrons. The molecule has 4 heteroatoms. The van der Waals surface area contributed by atoms with Crippen LogP contribution in [0.4, 0.5) is 5.82 Å². The second-order valence-corrected chi connectivity index (χ2v) is 3.93. The van der Waals surface area contributed by atoms with Gasteiger partial charge in [-0.05, 0) is 27.3 Å². The molecule has 1 aromatic rings. The Labute approximate surface area is 91.5 Å². The molecule has 0 aliphatic heterocycles. The van der Waals surface area contributed by atoms with Crippen LogP contribution < -0.4 is 5.73 Å². The van der Waals surface area contributed by atoms with Gasteiger partial charge in [-0.2, -0.15) is 0 Å². The fraction of sp³-hybridized carbons (Fsp3) is 0.636. The average Bonchev–Trinajstić information content (AvgIpc) is 2.18. The van der Waals surface area contributed by atoms with E-state index in [9.17, 15) is 0 Å². The third kappa shape index (κ3) is 2.65. The molecule has 0 aliphatic rings. The van der Waals surface area contributed by atoms with Crippen molar-refractivity contribution in [1.29, 1.82) is 0 Å². The van der Waals surface area contributed by atoms with Gasteiger partial charge in [0.15, 0.2) is 0 Å². The molecular weight excluding hydrogens is 188 g/mol. The summed E-state index contributed by atoms with van der Waals surface area (Å²) in [7, 11) is 0. The van der Waals surface area contributed by atoms with Crippen molar-refractivity contribution in [2.45, 2.75) is 39.8 Å². The van der Waals surface area contributed by atoms with Gasteiger partial charge in [0.25, 0.3) is 0 Å². The fourth-order valence-electron chi connectivity index (χ4n) is 1.92. The van der Waals surface area contributed by atoms with E-state index < -0.39 is 0 Å². The van der Waals surface area contributed by atoms with Crippen molar-refractivity contribution >= 4 is 5.82 Å². The lowest BCUT2D eigenvalue weighted by Gasteiger charge is -2.31. The molecule has 0 bridgehead atoms. The molecule has 2 N–H and O–H groups in total. The van der Waals surface area contributed by atoms with Crippen molar-refractivity contribution < 1.29 is 0 Å². The van der Waals surface area contributed by atoms with Gasteiger partial charge in [0.05, 0.1) is 11.7 Å². The third-order valence-electron chi connectivity index (χ3n) is 2.68. The van der Waals surface area contributed by atoms with Crippen LogP contribution in [0.15, 0.2) is 12.4 Å². The summed E-state index contributed by atoms with van der Waals surface area (Å²) in [6, 6.07) is 0.690. The van der Waals surface area contributed by atoms with Crippen molar-refractivity contribution in [3.8, 4) is 0 Å². The maximum Gasteiger partial charge on any atom is 0.146 e. The van der Waals surface area contributed by atoms with Crippen LogP contribution in [-0.2, 0) is 0 Å². The Balaban J connectivity index is 2.92. The maximum atomic E-state index is 5.81. The summed E-state index contributed by atoms with van der Waals surface area (Å²) < 4.78 is 0. The molecule has 1 atom stereocenters. The Kier molecular flexibility index (Phi) is 4.03. The minimum absolute atomic E-state index is 0.212. The number of aromatic nitrogens is 2. The van der Waals surface area contributed by atoms with E-state index in [0.29, 0.717) is 11.9 Å². The highest BCUT2D eigenvalue weighted by molar-refractivity contribution is 5.35. The Morgan fingerprint density at radius 2 is 1.87 bits per heavy atom. The van der Waals surface area contributed by atoms with Crippen molar-refractivity contribution in [2.24, 2.45) is 0 Å². The first-order valence-corrected chi connectivity index (χ1v) is 5.40. The molecule has 4 nitrogen and oxygen atoms in total. The molecule has 1 unspecified atom stereocenters. The van der Waals surface area contributed by atoms with E-state index in [1.807, 2.05) is 0 Å². The molecule has 1 rings (SSSR count). The summed E-state index contributed by atoms with van der Waals surface area (Å²) in [6.07, 6.45) is 3.31. The number of nitrogens with two attached hydrogens (primary N) is 1. The highest BCUT2D eigenvalue weighted by Gasteiger charge is 2.20. The predicted molar refractivity (Wildman–Crippen MR) is 62.4 cm³/mol. The lowest BCUT2D eigenvalue weighted by molar-refractivity contribution is 0.171. The van der Waals surface area contributed by atoms with Gasteiger partial charge >= 0.3 is 0 Å². The number of hydrogen-bond donors (Lipinski definition) is 1. The second kappa shape index (κ2) is 5.07.